The Balaban J connectivity index is 1.89. The van der Waals surface area contributed by atoms with Gasteiger partial charge in [0.25, 0.3) is 0 Å². The summed E-state index contributed by atoms with van der Waals surface area (Å²) in [6.07, 6.45) is 8.09. The molecule has 1 saturated carbocycles. The van der Waals surface area contributed by atoms with E-state index in [2.05, 4.69) is 43.7 Å². The van der Waals surface area contributed by atoms with E-state index in [0.29, 0.717) is 6.04 Å². The summed E-state index contributed by atoms with van der Waals surface area (Å²) in [4.78, 5) is 0. The first-order valence-electron chi connectivity index (χ1n) is 6.59. The molecule has 0 radical (unpaired) electrons. The summed E-state index contributed by atoms with van der Waals surface area (Å²) in [7, 11) is 0. The topological polar surface area (TPSA) is 17.8 Å². The van der Waals surface area contributed by atoms with Crippen LogP contribution in [0.1, 0.15) is 52.1 Å². The van der Waals surface area contributed by atoms with Crippen LogP contribution in [-0.2, 0) is 6.42 Å². The molecular formula is C14H24N2. The van der Waals surface area contributed by atoms with Gasteiger partial charge in [0.05, 0.1) is 12.2 Å². The third-order valence-corrected chi connectivity index (χ3v) is 3.77. The Morgan fingerprint density at radius 1 is 1.31 bits per heavy atom. The number of rotatable bonds is 4. The van der Waals surface area contributed by atoms with Gasteiger partial charge in [-0.25, -0.2) is 0 Å². The predicted molar refractivity (Wildman–Crippen MR) is 67.4 cm³/mol. The summed E-state index contributed by atoms with van der Waals surface area (Å²) in [5.41, 5.74) is 1.39. The Bertz CT molecular complexity index is 332. The normalized spacial score (nSPS) is 25.1. The minimum atomic E-state index is 0.674. The molecule has 0 aromatic carbocycles. The number of aromatic nitrogens is 2. The van der Waals surface area contributed by atoms with Gasteiger partial charge in [-0.15, -0.1) is 0 Å². The lowest BCUT2D eigenvalue weighted by molar-refractivity contribution is 0.137. The van der Waals surface area contributed by atoms with Gasteiger partial charge in [-0.1, -0.05) is 27.7 Å². The standard InChI is InChI=1S/C14H24N2/c1-10(2)5-12-8-15-16(9-12)14-6-13(7-14)11(3)4/h8-11,13-14H,5-7H2,1-4H3/t13-,14-. The van der Waals surface area contributed by atoms with E-state index in [9.17, 15) is 0 Å². The number of hydrogen-bond donors (Lipinski definition) is 0. The van der Waals surface area contributed by atoms with E-state index in [1.807, 2.05) is 6.20 Å². The molecule has 0 atom stereocenters. The van der Waals surface area contributed by atoms with Crippen LogP contribution >= 0.6 is 0 Å². The van der Waals surface area contributed by atoms with Gasteiger partial charge in [0, 0.05) is 6.20 Å². The molecule has 1 aliphatic rings. The molecule has 0 bridgehead atoms. The molecule has 1 aromatic heterocycles. The van der Waals surface area contributed by atoms with E-state index in [1.54, 1.807) is 0 Å². The summed E-state index contributed by atoms with van der Waals surface area (Å²) < 4.78 is 2.19. The maximum absolute atomic E-state index is 4.50. The molecule has 1 aliphatic carbocycles. The van der Waals surface area contributed by atoms with Crippen molar-refractivity contribution in [2.75, 3.05) is 0 Å². The lowest BCUT2D eigenvalue weighted by Gasteiger charge is -2.38. The molecule has 1 aromatic rings. The van der Waals surface area contributed by atoms with Gasteiger partial charge in [0.2, 0.25) is 0 Å². The molecule has 0 unspecified atom stereocenters. The van der Waals surface area contributed by atoms with Crippen molar-refractivity contribution in [3.05, 3.63) is 18.0 Å². The van der Waals surface area contributed by atoms with Gasteiger partial charge < -0.3 is 0 Å². The monoisotopic (exact) mass is 220 g/mol. The second kappa shape index (κ2) is 4.60. The van der Waals surface area contributed by atoms with Crippen molar-refractivity contribution in [3.63, 3.8) is 0 Å². The fourth-order valence-corrected chi connectivity index (χ4v) is 2.54. The zero-order valence-corrected chi connectivity index (χ0v) is 11.0. The largest absolute Gasteiger partial charge is 0.269 e. The molecule has 2 heteroatoms. The van der Waals surface area contributed by atoms with E-state index in [-0.39, 0.29) is 0 Å². The SMILES string of the molecule is CC(C)Cc1cnn([C@H]2C[C@H](C(C)C)C2)c1. The second-order valence-electron chi connectivity index (χ2n) is 6.06. The summed E-state index contributed by atoms with van der Waals surface area (Å²) in [6, 6.07) is 0.674. The van der Waals surface area contributed by atoms with Crippen LogP contribution in [0.3, 0.4) is 0 Å². The van der Waals surface area contributed by atoms with Gasteiger partial charge in [-0.3, -0.25) is 4.68 Å². The Labute approximate surface area is 99.0 Å². The van der Waals surface area contributed by atoms with Gasteiger partial charge in [0.1, 0.15) is 0 Å². The highest BCUT2D eigenvalue weighted by atomic mass is 15.3. The zero-order valence-electron chi connectivity index (χ0n) is 11.0. The molecule has 0 N–H and O–H groups in total. The molecule has 90 valence electrons. The maximum atomic E-state index is 4.50. The van der Waals surface area contributed by atoms with Crippen molar-refractivity contribution in [1.82, 2.24) is 9.78 Å². The minimum Gasteiger partial charge on any atom is -0.269 e. The lowest BCUT2D eigenvalue weighted by atomic mass is 9.74. The molecule has 16 heavy (non-hydrogen) atoms. The first-order chi connectivity index (χ1) is 7.56. The van der Waals surface area contributed by atoms with Crippen LogP contribution in [0, 0.1) is 17.8 Å². The summed E-state index contributed by atoms with van der Waals surface area (Å²) >= 11 is 0. The molecule has 2 nitrogen and oxygen atoms in total. The Kier molecular flexibility index (Phi) is 3.36. The third kappa shape index (κ3) is 2.47. The molecule has 1 fully saturated rings. The van der Waals surface area contributed by atoms with Crippen molar-refractivity contribution in [3.8, 4) is 0 Å². The van der Waals surface area contributed by atoms with E-state index in [0.717, 1.165) is 24.2 Å². The quantitative estimate of drug-likeness (QED) is 0.756. The minimum absolute atomic E-state index is 0.674. The van der Waals surface area contributed by atoms with Crippen molar-refractivity contribution in [2.24, 2.45) is 17.8 Å². The van der Waals surface area contributed by atoms with E-state index in [1.165, 1.54) is 18.4 Å². The number of hydrogen-bond acceptors (Lipinski definition) is 1. The highest BCUT2D eigenvalue weighted by molar-refractivity contribution is 5.06. The maximum Gasteiger partial charge on any atom is 0.0524 e. The smallest absolute Gasteiger partial charge is 0.0524 e. The molecule has 0 spiro atoms. The average molecular weight is 220 g/mol. The van der Waals surface area contributed by atoms with Crippen LogP contribution < -0.4 is 0 Å². The molecule has 0 saturated heterocycles. The van der Waals surface area contributed by atoms with Crippen LogP contribution in [0.25, 0.3) is 0 Å². The van der Waals surface area contributed by atoms with Gasteiger partial charge in [-0.2, -0.15) is 5.10 Å². The number of nitrogens with zero attached hydrogens (tertiary/aromatic N) is 2. The Morgan fingerprint density at radius 2 is 2.00 bits per heavy atom. The summed E-state index contributed by atoms with van der Waals surface area (Å²) in [6.45, 7) is 9.17. The van der Waals surface area contributed by atoms with Crippen molar-refractivity contribution < 1.29 is 0 Å². The van der Waals surface area contributed by atoms with Gasteiger partial charge in [-0.05, 0) is 42.6 Å². The van der Waals surface area contributed by atoms with Gasteiger partial charge in [0.15, 0.2) is 0 Å². The van der Waals surface area contributed by atoms with Crippen molar-refractivity contribution in [1.29, 1.82) is 0 Å². The molecular weight excluding hydrogens is 196 g/mol. The van der Waals surface area contributed by atoms with Crippen LogP contribution in [0.4, 0.5) is 0 Å². The van der Waals surface area contributed by atoms with Crippen LogP contribution in [-0.4, -0.2) is 9.78 Å². The van der Waals surface area contributed by atoms with Crippen molar-refractivity contribution >= 4 is 0 Å². The van der Waals surface area contributed by atoms with Crippen LogP contribution in [0.15, 0.2) is 12.4 Å². The average Bonchev–Trinajstić information content (AvgIpc) is 2.48. The third-order valence-electron chi connectivity index (χ3n) is 3.77. The zero-order chi connectivity index (χ0) is 11.7. The summed E-state index contributed by atoms with van der Waals surface area (Å²) in [5.74, 6) is 2.48. The first kappa shape index (κ1) is 11.7. The van der Waals surface area contributed by atoms with Gasteiger partial charge >= 0.3 is 0 Å². The second-order valence-corrected chi connectivity index (χ2v) is 6.06. The fourth-order valence-electron chi connectivity index (χ4n) is 2.54. The van der Waals surface area contributed by atoms with E-state index in [4.69, 9.17) is 0 Å². The lowest BCUT2D eigenvalue weighted by Crippen LogP contribution is -2.30. The van der Waals surface area contributed by atoms with E-state index >= 15 is 0 Å². The summed E-state index contributed by atoms with van der Waals surface area (Å²) in [5, 5.41) is 4.50. The fraction of sp³-hybridized carbons (Fsp3) is 0.786. The molecule has 0 amide bonds. The Hall–Kier alpha value is -0.790. The first-order valence-corrected chi connectivity index (χ1v) is 6.59. The highest BCUT2D eigenvalue weighted by Crippen LogP contribution is 2.41. The van der Waals surface area contributed by atoms with Crippen LogP contribution in [0.5, 0.6) is 0 Å². The van der Waals surface area contributed by atoms with Crippen molar-refractivity contribution in [2.45, 2.75) is 53.0 Å². The Morgan fingerprint density at radius 3 is 2.56 bits per heavy atom. The predicted octanol–water partition coefficient (Wildman–Crippen LogP) is 3.69. The van der Waals surface area contributed by atoms with Crippen LogP contribution in [0.2, 0.25) is 0 Å². The van der Waals surface area contributed by atoms with E-state index < -0.39 is 0 Å². The highest BCUT2D eigenvalue weighted by Gasteiger charge is 2.32. The molecule has 2 rings (SSSR count). The molecule has 0 aliphatic heterocycles. The molecule has 1 heterocycles.